The Balaban J connectivity index is 2.71. The van der Waals surface area contributed by atoms with Gasteiger partial charge in [-0.1, -0.05) is 13.8 Å². The molecule has 0 aliphatic rings. The molecular weight excluding hydrogens is 252 g/mol. The standard InChI is InChI=1S/C12H22N2O3S/c1-9(2)10(3)13-8-11-6-7-12(17-11)18(15,16)14(4)5/h6-7,9-10,13H,8H2,1-5H3. The number of hydrogen-bond donors (Lipinski definition) is 1. The van der Waals surface area contributed by atoms with Gasteiger partial charge in [0.15, 0.2) is 0 Å². The molecule has 0 fully saturated rings. The number of furan rings is 1. The van der Waals surface area contributed by atoms with E-state index in [4.69, 9.17) is 4.42 Å². The van der Waals surface area contributed by atoms with Crippen molar-refractivity contribution in [3.05, 3.63) is 17.9 Å². The van der Waals surface area contributed by atoms with Crippen molar-refractivity contribution in [1.82, 2.24) is 9.62 Å². The van der Waals surface area contributed by atoms with Gasteiger partial charge < -0.3 is 9.73 Å². The lowest BCUT2D eigenvalue weighted by molar-refractivity contribution is 0.361. The molecule has 0 aromatic carbocycles. The van der Waals surface area contributed by atoms with E-state index in [1.54, 1.807) is 6.07 Å². The van der Waals surface area contributed by atoms with Crippen LogP contribution in [0, 0.1) is 5.92 Å². The van der Waals surface area contributed by atoms with Crippen LogP contribution in [0.1, 0.15) is 26.5 Å². The van der Waals surface area contributed by atoms with E-state index >= 15 is 0 Å². The van der Waals surface area contributed by atoms with E-state index in [2.05, 4.69) is 26.1 Å². The third kappa shape index (κ3) is 3.57. The zero-order chi connectivity index (χ0) is 13.9. The molecule has 1 aromatic rings. The molecule has 1 N–H and O–H groups in total. The van der Waals surface area contributed by atoms with Crippen molar-refractivity contribution in [1.29, 1.82) is 0 Å². The molecule has 1 rings (SSSR count). The predicted octanol–water partition coefficient (Wildman–Crippen LogP) is 1.66. The summed E-state index contributed by atoms with van der Waals surface area (Å²) >= 11 is 0. The van der Waals surface area contributed by atoms with Crippen LogP contribution < -0.4 is 5.32 Å². The monoisotopic (exact) mass is 274 g/mol. The van der Waals surface area contributed by atoms with Crippen molar-refractivity contribution < 1.29 is 12.8 Å². The van der Waals surface area contributed by atoms with E-state index in [-0.39, 0.29) is 5.09 Å². The van der Waals surface area contributed by atoms with Gasteiger partial charge in [0.25, 0.3) is 10.0 Å². The van der Waals surface area contributed by atoms with Crippen molar-refractivity contribution in [2.45, 2.75) is 38.5 Å². The first kappa shape index (κ1) is 15.2. The Morgan fingerprint density at radius 2 is 1.89 bits per heavy atom. The van der Waals surface area contributed by atoms with Crippen molar-refractivity contribution in [3.8, 4) is 0 Å². The molecule has 18 heavy (non-hydrogen) atoms. The van der Waals surface area contributed by atoms with Crippen molar-refractivity contribution in [2.75, 3.05) is 14.1 Å². The summed E-state index contributed by atoms with van der Waals surface area (Å²) in [6.07, 6.45) is 0. The summed E-state index contributed by atoms with van der Waals surface area (Å²) < 4.78 is 30.1. The van der Waals surface area contributed by atoms with Crippen molar-refractivity contribution in [3.63, 3.8) is 0 Å². The third-order valence-electron chi connectivity index (χ3n) is 2.97. The number of rotatable bonds is 6. The lowest BCUT2D eigenvalue weighted by Gasteiger charge is -2.16. The van der Waals surface area contributed by atoms with Crippen LogP contribution in [0.5, 0.6) is 0 Å². The highest BCUT2D eigenvalue weighted by Crippen LogP contribution is 2.17. The van der Waals surface area contributed by atoms with Crippen LogP contribution >= 0.6 is 0 Å². The maximum absolute atomic E-state index is 11.8. The molecule has 104 valence electrons. The molecular formula is C12H22N2O3S. The first-order valence-corrected chi connectivity index (χ1v) is 7.43. The first-order valence-electron chi connectivity index (χ1n) is 5.99. The van der Waals surface area contributed by atoms with Gasteiger partial charge in [0, 0.05) is 20.1 Å². The second-order valence-corrected chi connectivity index (χ2v) is 7.00. The quantitative estimate of drug-likeness (QED) is 0.857. The summed E-state index contributed by atoms with van der Waals surface area (Å²) in [7, 11) is -0.507. The second-order valence-electron chi connectivity index (χ2n) is 4.92. The molecule has 0 bridgehead atoms. The smallest absolute Gasteiger partial charge is 0.275 e. The Hall–Kier alpha value is -0.850. The summed E-state index contributed by atoms with van der Waals surface area (Å²) in [4.78, 5) is 0. The molecule has 0 aliphatic heterocycles. The highest BCUT2D eigenvalue weighted by molar-refractivity contribution is 7.88. The highest BCUT2D eigenvalue weighted by atomic mass is 32.2. The van der Waals surface area contributed by atoms with Gasteiger partial charge in [-0.25, -0.2) is 12.7 Å². The molecule has 0 saturated carbocycles. The summed E-state index contributed by atoms with van der Waals surface area (Å²) in [5.41, 5.74) is 0. The molecule has 0 radical (unpaired) electrons. The van der Waals surface area contributed by atoms with Gasteiger partial charge in [0.05, 0.1) is 6.54 Å². The minimum Gasteiger partial charge on any atom is -0.447 e. The fourth-order valence-corrected chi connectivity index (χ4v) is 2.08. The van der Waals surface area contributed by atoms with Gasteiger partial charge in [0.1, 0.15) is 5.76 Å². The minimum absolute atomic E-state index is 0.0125. The molecule has 1 heterocycles. The number of nitrogens with one attached hydrogen (secondary N) is 1. The van der Waals surface area contributed by atoms with Crippen LogP contribution in [0.25, 0.3) is 0 Å². The lowest BCUT2D eigenvalue weighted by Crippen LogP contribution is -2.30. The molecule has 1 aromatic heterocycles. The van der Waals surface area contributed by atoms with E-state index < -0.39 is 10.0 Å². The van der Waals surface area contributed by atoms with Crippen LogP contribution in [0.3, 0.4) is 0 Å². The van der Waals surface area contributed by atoms with Gasteiger partial charge in [-0.3, -0.25) is 0 Å². The van der Waals surface area contributed by atoms with Crippen molar-refractivity contribution >= 4 is 10.0 Å². The van der Waals surface area contributed by atoms with Crippen LogP contribution in [0.2, 0.25) is 0 Å². The Morgan fingerprint density at radius 3 is 2.39 bits per heavy atom. The topological polar surface area (TPSA) is 62.6 Å². The summed E-state index contributed by atoms with van der Waals surface area (Å²) in [5, 5.41) is 3.28. The number of nitrogens with zero attached hydrogens (tertiary/aromatic N) is 1. The molecule has 6 heteroatoms. The zero-order valence-electron chi connectivity index (χ0n) is 11.6. The largest absolute Gasteiger partial charge is 0.447 e. The lowest BCUT2D eigenvalue weighted by atomic mass is 10.1. The molecule has 0 aliphatic carbocycles. The van der Waals surface area contributed by atoms with Gasteiger partial charge >= 0.3 is 0 Å². The van der Waals surface area contributed by atoms with Crippen LogP contribution in [0.15, 0.2) is 21.6 Å². The Bertz CT molecular complexity index is 477. The van der Waals surface area contributed by atoms with E-state index in [9.17, 15) is 8.42 Å². The maximum Gasteiger partial charge on any atom is 0.275 e. The minimum atomic E-state index is -3.47. The molecule has 0 spiro atoms. The Labute approximate surface area is 109 Å². The normalized spacial score (nSPS) is 14.4. The average Bonchev–Trinajstić information content (AvgIpc) is 2.74. The summed E-state index contributed by atoms with van der Waals surface area (Å²) in [5.74, 6) is 1.15. The van der Waals surface area contributed by atoms with Gasteiger partial charge in [-0.2, -0.15) is 0 Å². The third-order valence-corrected chi connectivity index (χ3v) is 4.66. The highest BCUT2D eigenvalue weighted by Gasteiger charge is 2.21. The second kappa shape index (κ2) is 5.86. The van der Waals surface area contributed by atoms with Crippen LogP contribution in [0.4, 0.5) is 0 Å². The summed E-state index contributed by atoms with van der Waals surface area (Å²) in [6, 6.07) is 3.53. The number of hydrogen-bond acceptors (Lipinski definition) is 4. The van der Waals surface area contributed by atoms with E-state index in [1.165, 1.54) is 20.2 Å². The van der Waals surface area contributed by atoms with Crippen LogP contribution in [-0.2, 0) is 16.6 Å². The zero-order valence-corrected chi connectivity index (χ0v) is 12.4. The van der Waals surface area contributed by atoms with Gasteiger partial charge in [0.2, 0.25) is 5.09 Å². The summed E-state index contributed by atoms with van der Waals surface area (Å²) in [6.45, 7) is 6.87. The van der Waals surface area contributed by atoms with E-state index in [0.29, 0.717) is 24.3 Å². The molecule has 5 nitrogen and oxygen atoms in total. The maximum atomic E-state index is 11.8. The Kier molecular flexibility index (Phi) is 4.95. The van der Waals surface area contributed by atoms with Crippen LogP contribution in [-0.4, -0.2) is 32.9 Å². The van der Waals surface area contributed by atoms with Gasteiger partial charge in [-0.05, 0) is 25.0 Å². The van der Waals surface area contributed by atoms with E-state index in [1.807, 2.05) is 0 Å². The average molecular weight is 274 g/mol. The molecule has 0 amide bonds. The molecule has 1 atom stereocenters. The number of sulfonamides is 1. The fourth-order valence-electron chi connectivity index (χ4n) is 1.27. The Morgan fingerprint density at radius 1 is 1.28 bits per heavy atom. The SMILES string of the molecule is CC(C)C(C)NCc1ccc(S(=O)(=O)N(C)C)o1. The first-order chi connectivity index (χ1) is 8.25. The van der Waals surface area contributed by atoms with E-state index in [0.717, 1.165) is 4.31 Å². The predicted molar refractivity (Wildman–Crippen MR) is 70.7 cm³/mol. The molecule has 1 unspecified atom stereocenters. The fraction of sp³-hybridized carbons (Fsp3) is 0.667. The van der Waals surface area contributed by atoms with Crippen molar-refractivity contribution in [2.24, 2.45) is 5.92 Å². The van der Waals surface area contributed by atoms with Gasteiger partial charge in [-0.15, -0.1) is 0 Å². The molecule has 0 saturated heterocycles.